The van der Waals surface area contributed by atoms with E-state index >= 15 is 0 Å². The van der Waals surface area contributed by atoms with Crippen LogP contribution in [0.25, 0.3) is 6.08 Å². The first-order chi connectivity index (χ1) is 11.5. The van der Waals surface area contributed by atoms with Gasteiger partial charge in [0, 0.05) is 34.0 Å². The number of hydrogen-bond acceptors (Lipinski definition) is 4. The van der Waals surface area contributed by atoms with E-state index in [4.69, 9.17) is 42.1 Å². The molecule has 0 fully saturated rings. The van der Waals surface area contributed by atoms with Crippen LogP contribution in [0, 0.1) is 0 Å². The maximum absolute atomic E-state index is 6.23. The fraction of sp³-hybridized carbons (Fsp3) is 0.333. The van der Waals surface area contributed by atoms with Gasteiger partial charge in [-0.05, 0) is 29.9 Å². The SMILES string of the molecule is COC1(OC)C=CC(OC)(OC)C(/C=C/c2cccc(Cl)c2Cl)=C1. The minimum absolute atomic E-state index is 0.479. The molecular formula is C18H20Cl2O4. The zero-order valence-electron chi connectivity index (χ0n) is 14.0. The van der Waals surface area contributed by atoms with Crippen molar-refractivity contribution in [3.05, 3.63) is 63.7 Å². The number of hydrogen-bond donors (Lipinski definition) is 0. The Labute approximate surface area is 152 Å². The molecule has 24 heavy (non-hydrogen) atoms. The summed E-state index contributed by atoms with van der Waals surface area (Å²) in [5.74, 6) is -2.03. The van der Waals surface area contributed by atoms with Gasteiger partial charge in [-0.2, -0.15) is 0 Å². The summed E-state index contributed by atoms with van der Waals surface area (Å²) in [6.07, 6.45) is 8.95. The van der Waals surface area contributed by atoms with Gasteiger partial charge in [0.2, 0.25) is 11.6 Å². The summed E-state index contributed by atoms with van der Waals surface area (Å²) < 4.78 is 22.0. The van der Waals surface area contributed by atoms with Gasteiger partial charge >= 0.3 is 0 Å². The average Bonchev–Trinajstić information content (AvgIpc) is 2.63. The Hall–Kier alpha value is -1.14. The second-order valence-electron chi connectivity index (χ2n) is 5.11. The third-order valence-corrected chi connectivity index (χ3v) is 4.80. The van der Waals surface area contributed by atoms with E-state index in [0.29, 0.717) is 15.6 Å². The van der Waals surface area contributed by atoms with E-state index in [9.17, 15) is 0 Å². The Balaban J connectivity index is 2.47. The van der Waals surface area contributed by atoms with Crippen molar-refractivity contribution in [3.8, 4) is 0 Å². The number of methoxy groups -OCH3 is 4. The third-order valence-electron chi connectivity index (χ3n) is 3.96. The Kier molecular flexibility index (Phi) is 6.26. The summed E-state index contributed by atoms with van der Waals surface area (Å²) >= 11 is 12.3. The lowest BCUT2D eigenvalue weighted by atomic mass is 9.94. The van der Waals surface area contributed by atoms with Gasteiger partial charge in [-0.25, -0.2) is 0 Å². The molecular weight excluding hydrogens is 351 g/mol. The summed E-state index contributed by atoms with van der Waals surface area (Å²) in [5, 5.41) is 0.969. The first-order valence-electron chi connectivity index (χ1n) is 7.22. The predicted molar refractivity (Wildman–Crippen MR) is 96.2 cm³/mol. The highest BCUT2D eigenvalue weighted by atomic mass is 35.5. The molecule has 0 heterocycles. The molecule has 0 radical (unpaired) electrons. The Morgan fingerprint density at radius 2 is 1.54 bits per heavy atom. The maximum Gasteiger partial charge on any atom is 0.214 e. The number of halogens is 2. The molecule has 0 saturated heterocycles. The van der Waals surface area contributed by atoms with Gasteiger partial charge in [0.15, 0.2) is 0 Å². The molecule has 0 spiro atoms. The summed E-state index contributed by atoms with van der Waals surface area (Å²) in [4.78, 5) is 0. The Morgan fingerprint density at radius 1 is 0.875 bits per heavy atom. The minimum atomic E-state index is -1.04. The Bertz CT molecular complexity index is 672. The van der Waals surface area contributed by atoms with Crippen molar-refractivity contribution in [3.63, 3.8) is 0 Å². The summed E-state index contributed by atoms with van der Waals surface area (Å²) in [6, 6.07) is 5.43. The van der Waals surface area contributed by atoms with Crippen LogP contribution >= 0.6 is 23.2 Å². The highest BCUT2D eigenvalue weighted by Gasteiger charge is 2.39. The van der Waals surface area contributed by atoms with Gasteiger partial charge in [0.25, 0.3) is 0 Å². The van der Waals surface area contributed by atoms with Gasteiger partial charge in [0.05, 0.1) is 10.0 Å². The van der Waals surface area contributed by atoms with Crippen LogP contribution in [0.2, 0.25) is 10.0 Å². The standard InChI is InChI=1S/C18H20Cl2O4/c1-21-17(22-2)10-11-18(23-3,24-4)14(12-17)9-8-13-6-5-7-15(19)16(13)20/h5-12H,1-4H3/b9-8+. The summed E-state index contributed by atoms with van der Waals surface area (Å²) in [7, 11) is 6.25. The van der Waals surface area contributed by atoms with E-state index in [1.807, 2.05) is 24.3 Å². The van der Waals surface area contributed by atoms with Crippen molar-refractivity contribution in [2.24, 2.45) is 0 Å². The molecule has 0 amide bonds. The van der Waals surface area contributed by atoms with Crippen LogP contribution < -0.4 is 0 Å². The smallest absolute Gasteiger partial charge is 0.214 e. The van der Waals surface area contributed by atoms with Crippen molar-refractivity contribution in [2.75, 3.05) is 28.4 Å². The second-order valence-corrected chi connectivity index (χ2v) is 5.90. The molecule has 2 rings (SSSR count). The lowest BCUT2D eigenvalue weighted by Gasteiger charge is -2.37. The normalized spacial score (nSPS) is 18.8. The average molecular weight is 371 g/mol. The quantitative estimate of drug-likeness (QED) is 0.546. The molecule has 0 atom stereocenters. The van der Waals surface area contributed by atoms with Crippen LogP contribution in [0.15, 0.2) is 48.1 Å². The van der Waals surface area contributed by atoms with Gasteiger partial charge in [-0.15, -0.1) is 0 Å². The third kappa shape index (κ3) is 3.59. The zero-order chi connectivity index (χ0) is 17.8. The summed E-state index contributed by atoms with van der Waals surface area (Å²) in [6.45, 7) is 0. The van der Waals surface area contributed by atoms with Gasteiger partial charge in [-0.1, -0.05) is 47.5 Å². The van der Waals surface area contributed by atoms with Crippen LogP contribution in [0.5, 0.6) is 0 Å². The molecule has 0 saturated carbocycles. The highest BCUT2D eigenvalue weighted by molar-refractivity contribution is 6.42. The fourth-order valence-electron chi connectivity index (χ4n) is 2.47. The van der Waals surface area contributed by atoms with Crippen LogP contribution in [0.4, 0.5) is 0 Å². The first kappa shape index (κ1) is 19.2. The number of rotatable bonds is 6. The van der Waals surface area contributed by atoms with Crippen molar-refractivity contribution >= 4 is 29.3 Å². The lowest BCUT2D eigenvalue weighted by molar-refractivity contribution is -0.164. The van der Waals surface area contributed by atoms with Crippen molar-refractivity contribution in [1.82, 2.24) is 0 Å². The minimum Gasteiger partial charge on any atom is -0.346 e. The van der Waals surface area contributed by atoms with Crippen LogP contribution in [-0.2, 0) is 18.9 Å². The van der Waals surface area contributed by atoms with Crippen molar-refractivity contribution in [2.45, 2.75) is 11.6 Å². The molecule has 0 unspecified atom stereocenters. The van der Waals surface area contributed by atoms with E-state index in [1.54, 1.807) is 52.7 Å². The van der Waals surface area contributed by atoms with Crippen LogP contribution in [0.3, 0.4) is 0 Å². The van der Waals surface area contributed by atoms with E-state index in [-0.39, 0.29) is 0 Å². The molecule has 1 aliphatic rings. The molecule has 1 aromatic carbocycles. The lowest BCUT2D eigenvalue weighted by Crippen LogP contribution is -2.41. The van der Waals surface area contributed by atoms with E-state index < -0.39 is 11.6 Å². The Morgan fingerprint density at radius 3 is 2.12 bits per heavy atom. The molecule has 6 heteroatoms. The molecule has 0 N–H and O–H groups in total. The molecule has 0 aliphatic heterocycles. The van der Waals surface area contributed by atoms with Crippen molar-refractivity contribution < 1.29 is 18.9 Å². The van der Waals surface area contributed by atoms with E-state index in [0.717, 1.165) is 5.56 Å². The molecule has 1 aromatic rings. The molecule has 0 bridgehead atoms. The highest BCUT2D eigenvalue weighted by Crippen LogP contribution is 2.35. The van der Waals surface area contributed by atoms with Gasteiger partial charge in [0.1, 0.15) is 0 Å². The topological polar surface area (TPSA) is 36.9 Å². The monoisotopic (exact) mass is 370 g/mol. The van der Waals surface area contributed by atoms with Gasteiger partial charge < -0.3 is 18.9 Å². The zero-order valence-corrected chi connectivity index (χ0v) is 15.5. The van der Waals surface area contributed by atoms with E-state index in [2.05, 4.69) is 0 Å². The molecule has 130 valence electrons. The largest absolute Gasteiger partial charge is 0.346 e. The molecule has 4 nitrogen and oxygen atoms in total. The van der Waals surface area contributed by atoms with Gasteiger partial charge in [-0.3, -0.25) is 0 Å². The first-order valence-corrected chi connectivity index (χ1v) is 7.98. The number of benzene rings is 1. The fourth-order valence-corrected chi connectivity index (χ4v) is 2.84. The predicted octanol–water partition coefficient (Wildman–Crippen LogP) is 4.48. The molecule has 0 aromatic heterocycles. The second kappa shape index (κ2) is 7.83. The molecule has 1 aliphatic carbocycles. The maximum atomic E-state index is 6.23. The van der Waals surface area contributed by atoms with Crippen LogP contribution in [0.1, 0.15) is 5.56 Å². The summed E-state index contributed by atoms with van der Waals surface area (Å²) in [5.41, 5.74) is 1.48. The van der Waals surface area contributed by atoms with E-state index in [1.165, 1.54) is 0 Å². The number of ether oxygens (including phenoxy) is 4. The van der Waals surface area contributed by atoms with Crippen molar-refractivity contribution in [1.29, 1.82) is 0 Å². The van der Waals surface area contributed by atoms with Crippen LogP contribution in [-0.4, -0.2) is 40.0 Å².